The minimum atomic E-state index is -0.939. The first-order valence-electron chi connectivity index (χ1n) is 8.45. The number of rotatable bonds is 4. The van der Waals surface area contributed by atoms with Crippen molar-refractivity contribution in [3.63, 3.8) is 0 Å². The molecule has 0 unspecified atom stereocenters. The summed E-state index contributed by atoms with van der Waals surface area (Å²) in [7, 11) is 0. The number of amidine groups is 1. The molecule has 9 heteroatoms. The van der Waals surface area contributed by atoms with Crippen molar-refractivity contribution in [1.82, 2.24) is 9.88 Å². The summed E-state index contributed by atoms with van der Waals surface area (Å²) in [6.45, 7) is -0.164. The van der Waals surface area contributed by atoms with Gasteiger partial charge in [0, 0.05) is 22.7 Å². The predicted octanol–water partition coefficient (Wildman–Crippen LogP) is 4.92. The summed E-state index contributed by atoms with van der Waals surface area (Å²) in [6, 6.07) is 12.5. The van der Waals surface area contributed by atoms with E-state index >= 15 is 0 Å². The number of para-hydroxylation sites is 1. The maximum atomic E-state index is 12.4. The summed E-state index contributed by atoms with van der Waals surface area (Å²) < 4.78 is 1.64. The summed E-state index contributed by atoms with van der Waals surface area (Å²) in [5, 5.41) is 13.8. The molecule has 1 saturated heterocycles. The Bertz CT molecular complexity index is 1220. The Morgan fingerprint density at radius 1 is 1.21 bits per heavy atom. The van der Waals surface area contributed by atoms with E-state index in [2.05, 4.69) is 10.3 Å². The number of hydrogen-bond donors (Lipinski definition) is 2. The number of aliphatic carboxylic acids is 1. The van der Waals surface area contributed by atoms with Gasteiger partial charge in [0.2, 0.25) is 0 Å². The number of benzene rings is 2. The highest BCUT2D eigenvalue weighted by Gasteiger charge is 2.25. The molecule has 6 nitrogen and oxygen atoms in total. The molecule has 1 fully saturated rings. The molecule has 0 bridgehead atoms. The maximum Gasteiger partial charge on any atom is 0.323 e. The normalized spacial score (nSPS) is 16.7. The minimum absolute atomic E-state index is 0.164. The standard InChI is InChI=1S/C20H13Cl2N3O3S/c21-13-5-3-6-14(18(13)22)23-20-24-19(28)16(29-20)8-11-9-25(10-17(26)27)15-7-2-1-4-12(11)15/h1-9H,10H2,(H,26,27)(H,23,24,28)/b16-8+. The van der Waals surface area contributed by atoms with E-state index in [-0.39, 0.29) is 12.5 Å². The van der Waals surface area contributed by atoms with Crippen LogP contribution >= 0.6 is 35.0 Å². The highest BCUT2D eigenvalue weighted by atomic mass is 35.5. The van der Waals surface area contributed by atoms with Gasteiger partial charge >= 0.3 is 5.97 Å². The van der Waals surface area contributed by atoms with Crippen LogP contribution in [0.25, 0.3) is 17.0 Å². The molecule has 146 valence electrons. The van der Waals surface area contributed by atoms with Gasteiger partial charge in [-0.25, -0.2) is 4.99 Å². The van der Waals surface area contributed by atoms with Gasteiger partial charge < -0.3 is 15.0 Å². The Kier molecular flexibility index (Phi) is 5.36. The number of carboxylic acids is 1. The van der Waals surface area contributed by atoms with Crippen LogP contribution in [0.3, 0.4) is 0 Å². The van der Waals surface area contributed by atoms with Crippen LogP contribution in [-0.4, -0.2) is 26.7 Å². The van der Waals surface area contributed by atoms with Crippen LogP contribution in [0.2, 0.25) is 10.0 Å². The third-order valence-corrected chi connectivity index (χ3v) is 5.93. The van der Waals surface area contributed by atoms with E-state index in [1.54, 1.807) is 35.0 Å². The van der Waals surface area contributed by atoms with Crippen molar-refractivity contribution in [2.45, 2.75) is 6.54 Å². The second-order valence-corrected chi connectivity index (χ2v) is 7.99. The van der Waals surface area contributed by atoms with Crippen LogP contribution in [0.1, 0.15) is 5.56 Å². The Labute approximate surface area is 179 Å². The summed E-state index contributed by atoms with van der Waals surface area (Å²) >= 11 is 13.3. The molecule has 4 rings (SSSR count). The van der Waals surface area contributed by atoms with E-state index < -0.39 is 5.97 Å². The fraction of sp³-hybridized carbons (Fsp3) is 0.0500. The van der Waals surface area contributed by atoms with E-state index in [0.717, 1.165) is 16.5 Å². The zero-order valence-corrected chi connectivity index (χ0v) is 17.1. The SMILES string of the molecule is O=C(O)Cn1cc(/C=C2/SC(=Nc3cccc(Cl)c3Cl)NC2=O)c2ccccc21. The average molecular weight is 446 g/mol. The van der Waals surface area contributed by atoms with Crippen LogP contribution in [0.15, 0.2) is 58.6 Å². The van der Waals surface area contributed by atoms with Crippen molar-refractivity contribution in [1.29, 1.82) is 0 Å². The van der Waals surface area contributed by atoms with E-state index in [1.807, 2.05) is 24.3 Å². The van der Waals surface area contributed by atoms with E-state index in [1.165, 1.54) is 11.8 Å². The largest absolute Gasteiger partial charge is 0.480 e. The second-order valence-electron chi connectivity index (χ2n) is 6.18. The third-order valence-electron chi connectivity index (χ3n) is 4.22. The van der Waals surface area contributed by atoms with Crippen LogP contribution in [0, 0.1) is 0 Å². The number of fused-ring (bicyclic) bond motifs is 1. The van der Waals surface area contributed by atoms with Gasteiger partial charge in [0.05, 0.1) is 20.6 Å². The second kappa shape index (κ2) is 7.94. The summed E-state index contributed by atoms with van der Waals surface area (Å²) in [6.07, 6.45) is 3.45. The van der Waals surface area contributed by atoms with Crippen molar-refractivity contribution < 1.29 is 14.7 Å². The Morgan fingerprint density at radius 2 is 2.00 bits per heavy atom. The van der Waals surface area contributed by atoms with Gasteiger partial charge in [0.15, 0.2) is 5.17 Å². The summed E-state index contributed by atoms with van der Waals surface area (Å²) in [5.41, 5.74) is 1.99. The number of nitrogens with one attached hydrogen (secondary N) is 1. The molecule has 0 atom stereocenters. The van der Waals surface area contributed by atoms with Gasteiger partial charge in [0.25, 0.3) is 5.91 Å². The Morgan fingerprint density at radius 3 is 2.79 bits per heavy atom. The van der Waals surface area contributed by atoms with Gasteiger partial charge in [-0.05, 0) is 36.0 Å². The predicted molar refractivity (Wildman–Crippen MR) is 117 cm³/mol. The highest BCUT2D eigenvalue weighted by Crippen LogP contribution is 2.35. The first kappa shape index (κ1) is 19.6. The molecule has 0 radical (unpaired) electrons. The molecule has 3 aromatic rings. The molecule has 1 aliphatic heterocycles. The van der Waals surface area contributed by atoms with Crippen molar-refractivity contribution in [3.05, 3.63) is 69.2 Å². The topological polar surface area (TPSA) is 83.7 Å². The lowest BCUT2D eigenvalue weighted by Crippen LogP contribution is -2.19. The molecule has 1 aromatic heterocycles. The van der Waals surface area contributed by atoms with Crippen LogP contribution in [0.5, 0.6) is 0 Å². The Hall–Kier alpha value is -2.74. The van der Waals surface area contributed by atoms with Crippen molar-refractivity contribution in [2.24, 2.45) is 4.99 Å². The first-order valence-corrected chi connectivity index (χ1v) is 10.0. The number of thioether (sulfide) groups is 1. The van der Waals surface area contributed by atoms with Gasteiger partial charge in [-0.15, -0.1) is 0 Å². The summed E-state index contributed by atoms with van der Waals surface area (Å²) in [5.74, 6) is -1.23. The number of carboxylic acid groups (broad SMARTS) is 1. The number of carbonyl (C=O) groups is 2. The number of amides is 1. The Balaban J connectivity index is 1.69. The third kappa shape index (κ3) is 4.03. The molecule has 29 heavy (non-hydrogen) atoms. The van der Waals surface area contributed by atoms with Crippen molar-refractivity contribution >= 4 is 74.7 Å². The van der Waals surface area contributed by atoms with E-state index in [4.69, 9.17) is 28.3 Å². The zero-order chi connectivity index (χ0) is 20.5. The fourth-order valence-electron chi connectivity index (χ4n) is 2.98. The number of carbonyl (C=O) groups excluding carboxylic acids is 1. The van der Waals surface area contributed by atoms with Crippen LogP contribution in [-0.2, 0) is 16.1 Å². The van der Waals surface area contributed by atoms with E-state index in [0.29, 0.717) is 25.8 Å². The zero-order valence-electron chi connectivity index (χ0n) is 14.7. The fourth-order valence-corrected chi connectivity index (χ4v) is 4.14. The molecular formula is C20H13Cl2N3O3S. The van der Waals surface area contributed by atoms with Gasteiger partial charge in [-0.2, -0.15) is 0 Å². The number of aromatic nitrogens is 1. The van der Waals surface area contributed by atoms with Crippen LogP contribution in [0.4, 0.5) is 5.69 Å². The van der Waals surface area contributed by atoms with Crippen molar-refractivity contribution in [3.8, 4) is 0 Å². The molecule has 2 aromatic carbocycles. The molecule has 1 amide bonds. The minimum Gasteiger partial charge on any atom is -0.480 e. The molecule has 0 saturated carbocycles. The molecule has 0 aliphatic carbocycles. The van der Waals surface area contributed by atoms with Gasteiger partial charge in [0.1, 0.15) is 6.54 Å². The molecular weight excluding hydrogens is 433 g/mol. The average Bonchev–Trinajstić information content (AvgIpc) is 3.19. The molecule has 0 spiro atoms. The maximum absolute atomic E-state index is 12.4. The van der Waals surface area contributed by atoms with Gasteiger partial charge in [-0.3, -0.25) is 9.59 Å². The molecule has 2 N–H and O–H groups in total. The number of aliphatic imine (C=N–C) groups is 1. The first-order chi connectivity index (χ1) is 13.9. The lowest BCUT2D eigenvalue weighted by molar-refractivity contribution is -0.137. The molecule has 1 aliphatic rings. The lowest BCUT2D eigenvalue weighted by Gasteiger charge is -2.00. The number of hydrogen-bond acceptors (Lipinski definition) is 4. The van der Waals surface area contributed by atoms with E-state index in [9.17, 15) is 9.59 Å². The highest BCUT2D eigenvalue weighted by molar-refractivity contribution is 8.18. The van der Waals surface area contributed by atoms with Gasteiger partial charge in [-0.1, -0.05) is 47.5 Å². The summed E-state index contributed by atoms with van der Waals surface area (Å²) in [4.78, 5) is 28.4. The molecule has 2 heterocycles. The smallest absolute Gasteiger partial charge is 0.323 e. The number of nitrogens with zero attached hydrogens (tertiary/aromatic N) is 2. The quantitative estimate of drug-likeness (QED) is 0.557. The monoisotopic (exact) mass is 445 g/mol. The van der Waals surface area contributed by atoms with Crippen LogP contribution < -0.4 is 5.32 Å². The van der Waals surface area contributed by atoms with Crippen molar-refractivity contribution in [2.75, 3.05) is 0 Å². The number of halogens is 2. The lowest BCUT2D eigenvalue weighted by atomic mass is 10.1.